The fraction of sp³-hybridized carbons (Fsp3) is 0.441. The molecule has 3 aromatic rings. The summed E-state index contributed by atoms with van der Waals surface area (Å²) in [6.07, 6.45) is 5.94. The molecule has 0 saturated heterocycles. The first-order valence-corrected chi connectivity index (χ1v) is 14.3. The number of aliphatic carboxylic acids is 1. The molecule has 0 amide bonds. The number of ether oxygens (including phenoxy) is 2. The number of carbonyl (C=O) groups is 1. The molecule has 0 heterocycles. The Morgan fingerprint density at radius 3 is 2.52 bits per heavy atom. The van der Waals surface area contributed by atoms with Gasteiger partial charge in [0, 0.05) is 5.56 Å². The second-order valence-electron chi connectivity index (χ2n) is 12.1. The summed E-state index contributed by atoms with van der Waals surface area (Å²) in [6, 6.07) is 15.7. The minimum atomic E-state index is -0.925. The van der Waals surface area contributed by atoms with Gasteiger partial charge < -0.3 is 14.6 Å². The zero-order chi connectivity index (χ0) is 28.4. The summed E-state index contributed by atoms with van der Waals surface area (Å²) in [5, 5.41) is 9.41. The van der Waals surface area contributed by atoms with Crippen LogP contribution in [0.15, 0.2) is 54.6 Å². The highest BCUT2D eigenvalue weighted by Gasteiger charge is 2.37. The molecule has 6 heteroatoms. The van der Waals surface area contributed by atoms with E-state index in [1.54, 1.807) is 37.4 Å². The Hall–Kier alpha value is -3.41. The summed E-state index contributed by atoms with van der Waals surface area (Å²) in [5.41, 5.74) is 3.74. The highest BCUT2D eigenvalue weighted by molar-refractivity contribution is 5.71. The van der Waals surface area contributed by atoms with Crippen LogP contribution in [0.3, 0.4) is 0 Å². The van der Waals surface area contributed by atoms with E-state index in [0.29, 0.717) is 29.2 Å². The lowest BCUT2D eigenvalue weighted by molar-refractivity contribution is -0.137. The van der Waals surface area contributed by atoms with Crippen molar-refractivity contribution in [2.24, 2.45) is 11.3 Å². The fourth-order valence-corrected chi connectivity index (χ4v) is 6.38. The molecule has 40 heavy (non-hydrogen) atoms. The van der Waals surface area contributed by atoms with Crippen molar-refractivity contribution in [3.05, 3.63) is 82.9 Å². The predicted molar refractivity (Wildman–Crippen MR) is 152 cm³/mol. The summed E-state index contributed by atoms with van der Waals surface area (Å²) >= 11 is 0. The van der Waals surface area contributed by atoms with E-state index in [1.807, 2.05) is 12.1 Å². The Labute approximate surface area is 235 Å². The molecule has 2 aliphatic rings. The van der Waals surface area contributed by atoms with E-state index in [-0.39, 0.29) is 41.8 Å². The van der Waals surface area contributed by atoms with Crippen LogP contribution < -0.4 is 9.47 Å². The van der Waals surface area contributed by atoms with Crippen molar-refractivity contribution in [3.63, 3.8) is 0 Å². The Morgan fingerprint density at radius 2 is 1.85 bits per heavy atom. The largest absolute Gasteiger partial charge is 0.497 e. The van der Waals surface area contributed by atoms with Crippen LogP contribution in [0.25, 0.3) is 11.1 Å². The summed E-state index contributed by atoms with van der Waals surface area (Å²) in [4.78, 5) is 11.5. The van der Waals surface area contributed by atoms with E-state index >= 15 is 8.78 Å². The zero-order valence-electron chi connectivity index (χ0n) is 23.5. The highest BCUT2D eigenvalue weighted by Crippen LogP contribution is 2.51. The molecule has 0 spiro atoms. The van der Waals surface area contributed by atoms with Crippen LogP contribution in [0, 0.1) is 23.0 Å². The van der Waals surface area contributed by atoms with Gasteiger partial charge in [-0.3, -0.25) is 4.79 Å². The van der Waals surface area contributed by atoms with Crippen molar-refractivity contribution >= 4 is 5.97 Å². The predicted octanol–water partition coefficient (Wildman–Crippen LogP) is 8.87. The second-order valence-corrected chi connectivity index (χ2v) is 12.1. The molecule has 2 atom stereocenters. The SMILES string of the molecule is COc1ccc(F)c(-c2ccc(COc3cccc([C@H](CC(=O)O)CC4CC4)c3F)cc2[C@H]2CCCC2(C)C)c1. The summed E-state index contributed by atoms with van der Waals surface area (Å²) in [6.45, 7) is 4.67. The van der Waals surface area contributed by atoms with Crippen molar-refractivity contribution in [2.45, 2.75) is 77.2 Å². The van der Waals surface area contributed by atoms with Crippen LogP contribution in [0.2, 0.25) is 0 Å². The normalized spacial score (nSPS) is 18.9. The molecule has 2 fully saturated rings. The van der Waals surface area contributed by atoms with Gasteiger partial charge in [-0.05, 0) is 89.0 Å². The summed E-state index contributed by atoms with van der Waals surface area (Å²) in [5.74, 6) is -0.655. The maximum Gasteiger partial charge on any atom is 0.303 e. The minimum Gasteiger partial charge on any atom is -0.497 e. The van der Waals surface area contributed by atoms with Gasteiger partial charge in [-0.1, -0.05) is 63.4 Å². The van der Waals surface area contributed by atoms with E-state index in [9.17, 15) is 9.90 Å². The Morgan fingerprint density at radius 1 is 1.05 bits per heavy atom. The average Bonchev–Trinajstić information content (AvgIpc) is 3.67. The van der Waals surface area contributed by atoms with Crippen molar-refractivity contribution in [1.29, 1.82) is 0 Å². The van der Waals surface area contributed by atoms with Crippen LogP contribution in [-0.2, 0) is 11.4 Å². The zero-order valence-corrected chi connectivity index (χ0v) is 23.5. The number of hydrogen-bond donors (Lipinski definition) is 1. The van der Waals surface area contributed by atoms with E-state index in [2.05, 4.69) is 19.9 Å². The lowest BCUT2D eigenvalue weighted by Gasteiger charge is -2.30. The van der Waals surface area contributed by atoms with Gasteiger partial charge in [-0.2, -0.15) is 0 Å². The molecule has 3 aromatic carbocycles. The Balaban J connectivity index is 1.44. The quantitative estimate of drug-likeness (QED) is 0.260. The lowest BCUT2D eigenvalue weighted by atomic mass is 9.75. The highest BCUT2D eigenvalue weighted by atomic mass is 19.1. The standard InChI is InChI=1S/C34H38F2O4/c1-34(2)15-5-7-29(34)27-17-22(11-13-26(27)28-19-24(39-3)12-14-30(28)35)20-40-31-8-4-6-25(33(31)36)23(18-32(37)38)16-21-9-10-21/h4,6,8,11-14,17,19,21,23,29H,5,7,9-10,15-16,18,20H2,1-3H3,(H,37,38)/t23-,29+/m0/s1. The summed E-state index contributed by atoms with van der Waals surface area (Å²) in [7, 11) is 1.57. The molecular formula is C34H38F2O4. The maximum atomic E-state index is 15.6. The van der Waals surface area contributed by atoms with Crippen molar-refractivity contribution < 1.29 is 28.2 Å². The van der Waals surface area contributed by atoms with E-state index in [4.69, 9.17) is 9.47 Å². The third-order valence-corrected chi connectivity index (χ3v) is 8.78. The molecule has 2 aliphatic carbocycles. The minimum absolute atomic E-state index is 0.0602. The Kier molecular flexibility index (Phi) is 8.16. The molecule has 5 rings (SSSR count). The number of hydrogen-bond acceptors (Lipinski definition) is 3. The molecule has 0 unspecified atom stereocenters. The number of benzene rings is 3. The number of halogens is 2. The monoisotopic (exact) mass is 548 g/mol. The van der Waals surface area contributed by atoms with Crippen LogP contribution in [0.1, 0.15) is 87.3 Å². The third-order valence-electron chi connectivity index (χ3n) is 8.78. The lowest BCUT2D eigenvalue weighted by Crippen LogP contribution is -2.17. The van der Waals surface area contributed by atoms with Gasteiger partial charge in [0.1, 0.15) is 18.2 Å². The molecule has 0 aliphatic heterocycles. The average molecular weight is 549 g/mol. The first-order valence-electron chi connectivity index (χ1n) is 14.3. The van der Waals surface area contributed by atoms with Gasteiger partial charge in [0.2, 0.25) is 0 Å². The molecule has 2 saturated carbocycles. The number of carboxylic acids is 1. The van der Waals surface area contributed by atoms with E-state index in [1.165, 1.54) is 6.07 Å². The topological polar surface area (TPSA) is 55.8 Å². The van der Waals surface area contributed by atoms with E-state index in [0.717, 1.165) is 48.8 Å². The molecule has 0 bridgehead atoms. The maximum absolute atomic E-state index is 15.6. The van der Waals surface area contributed by atoms with E-state index < -0.39 is 11.8 Å². The first kappa shape index (κ1) is 28.1. The van der Waals surface area contributed by atoms with Crippen LogP contribution >= 0.6 is 0 Å². The van der Waals surface area contributed by atoms with Crippen LogP contribution in [-0.4, -0.2) is 18.2 Å². The van der Waals surface area contributed by atoms with Crippen LogP contribution in [0.4, 0.5) is 8.78 Å². The molecule has 212 valence electrons. The molecule has 1 N–H and O–H groups in total. The third kappa shape index (κ3) is 6.16. The second kappa shape index (κ2) is 11.6. The van der Waals surface area contributed by atoms with Gasteiger partial charge in [0.25, 0.3) is 0 Å². The van der Waals surface area contributed by atoms with Gasteiger partial charge in [-0.15, -0.1) is 0 Å². The smallest absolute Gasteiger partial charge is 0.303 e. The Bertz CT molecular complexity index is 1380. The molecule has 0 aromatic heterocycles. The number of carboxylic acid groups (broad SMARTS) is 1. The number of rotatable bonds is 11. The molecule has 4 nitrogen and oxygen atoms in total. The van der Waals surface area contributed by atoms with Crippen molar-refractivity contribution in [2.75, 3.05) is 7.11 Å². The van der Waals surface area contributed by atoms with Gasteiger partial charge in [0.05, 0.1) is 13.5 Å². The summed E-state index contributed by atoms with van der Waals surface area (Å²) < 4.78 is 42.1. The molecular weight excluding hydrogens is 510 g/mol. The van der Waals surface area contributed by atoms with Gasteiger partial charge in [-0.25, -0.2) is 8.78 Å². The molecule has 0 radical (unpaired) electrons. The van der Waals surface area contributed by atoms with Crippen LogP contribution in [0.5, 0.6) is 11.5 Å². The van der Waals surface area contributed by atoms with Gasteiger partial charge >= 0.3 is 5.97 Å². The van der Waals surface area contributed by atoms with Crippen molar-refractivity contribution in [3.8, 4) is 22.6 Å². The fourth-order valence-electron chi connectivity index (χ4n) is 6.38. The number of methoxy groups -OCH3 is 1. The van der Waals surface area contributed by atoms with Crippen molar-refractivity contribution in [1.82, 2.24) is 0 Å². The first-order chi connectivity index (χ1) is 19.2. The van der Waals surface area contributed by atoms with Gasteiger partial charge in [0.15, 0.2) is 11.6 Å².